The highest BCUT2D eigenvalue weighted by Crippen LogP contribution is 2.37. The Morgan fingerprint density at radius 3 is 2.62 bits per heavy atom. The van der Waals surface area contributed by atoms with E-state index in [-0.39, 0.29) is 0 Å². The van der Waals surface area contributed by atoms with E-state index in [0.29, 0.717) is 52.1 Å². The van der Waals surface area contributed by atoms with Crippen LogP contribution in [0.25, 0.3) is 10.9 Å². The van der Waals surface area contributed by atoms with Crippen LogP contribution in [0.5, 0.6) is 23.0 Å². The van der Waals surface area contributed by atoms with Crippen molar-refractivity contribution in [1.29, 1.82) is 5.26 Å². The van der Waals surface area contributed by atoms with Crippen molar-refractivity contribution in [3.05, 3.63) is 72.4 Å². The Hall–Kier alpha value is -5.05. The van der Waals surface area contributed by atoms with Crippen LogP contribution in [0.15, 0.2) is 66.9 Å². The number of ether oxygens (including phenoxy) is 3. The second-order valence-electron chi connectivity index (χ2n) is 9.74. The number of hydrogen-bond donors (Lipinski definition) is 4. The lowest BCUT2D eigenvalue weighted by molar-refractivity contribution is 0.211. The molecular formula is C31H33N7O4. The van der Waals surface area contributed by atoms with Gasteiger partial charge in [0.2, 0.25) is 0 Å². The fraction of sp³-hybridized carbons (Fsp3) is 0.258. The van der Waals surface area contributed by atoms with Gasteiger partial charge in [-0.05, 0) is 48.9 Å². The van der Waals surface area contributed by atoms with Crippen LogP contribution < -0.4 is 35.9 Å². The van der Waals surface area contributed by atoms with Gasteiger partial charge in [0.15, 0.2) is 11.5 Å². The molecule has 4 aromatic rings. The molecule has 3 aromatic carbocycles. The maximum atomic E-state index is 11.1. The Kier molecular flexibility index (Phi) is 9.18. The number of carbonyl (C=O) groups is 1. The zero-order chi connectivity index (χ0) is 29.3. The number of carbonyl (C=O) groups excluding carboxylic acids is 1. The molecule has 2 heterocycles. The van der Waals surface area contributed by atoms with Crippen molar-refractivity contribution in [2.24, 2.45) is 5.73 Å². The van der Waals surface area contributed by atoms with Gasteiger partial charge in [-0.1, -0.05) is 6.07 Å². The summed E-state index contributed by atoms with van der Waals surface area (Å²) in [5.41, 5.74) is 8.17. The van der Waals surface area contributed by atoms with Gasteiger partial charge in [-0.15, -0.1) is 0 Å². The molecule has 5 rings (SSSR count). The van der Waals surface area contributed by atoms with E-state index in [2.05, 4.69) is 31.9 Å². The molecule has 0 aliphatic carbocycles. The first-order chi connectivity index (χ1) is 20.5. The summed E-state index contributed by atoms with van der Waals surface area (Å²) in [5.74, 6) is 2.33. The maximum absolute atomic E-state index is 11.1. The Bertz CT molecular complexity index is 1580. The van der Waals surface area contributed by atoms with Gasteiger partial charge in [0.25, 0.3) is 0 Å². The van der Waals surface area contributed by atoms with Crippen LogP contribution >= 0.6 is 0 Å². The number of nitrogens with one attached hydrogen (secondary N) is 3. The molecular weight excluding hydrogens is 534 g/mol. The number of amides is 2. The summed E-state index contributed by atoms with van der Waals surface area (Å²) in [6.07, 6.45) is 2.46. The summed E-state index contributed by atoms with van der Waals surface area (Å²) in [6, 6.07) is 19.5. The number of nitrogens with zero attached hydrogens (tertiary/aromatic N) is 3. The van der Waals surface area contributed by atoms with Crippen molar-refractivity contribution in [2.45, 2.75) is 6.42 Å². The van der Waals surface area contributed by atoms with E-state index in [1.807, 2.05) is 24.3 Å². The summed E-state index contributed by atoms with van der Waals surface area (Å²) < 4.78 is 17.7. The molecule has 0 unspecified atom stereocenters. The molecule has 0 radical (unpaired) electrons. The van der Waals surface area contributed by atoms with Crippen molar-refractivity contribution in [1.82, 2.24) is 15.2 Å². The SMILES string of the molecule is COc1cc2c(Nc3ccc(Oc4cccc(NC(N)=O)c4)cc3)c(C#N)cnc2cc1OCCCN1CCNCC1. The Labute approximate surface area is 244 Å². The van der Waals surface area contributed by atoms with Crippen LogP contribution in [0.4, 0.5) is 21.9 Å². The highest BCUT2D eigenvalue weighted by molar-refractivity contribution is 5.97. The van der Waals surface area contributed by atoms with E-state index in [0.717, 1.165) is 50.2 Å². The topological polar surface area (TPSA) is 147 Å². The minimum Gasteiger partial charge on any atom is -0.493 e. The van der Waals surface area contributed by atoms with Gasteiger partial charge in [-0.3, -0.25) is 4.98 Å². The molecule has 1 aliphatic rings. The number of aromatic nitrogens is 1. The third-order valence-corrected chi connectivity index (χ3v) is 6.82. The standard InChI is InChI=1S/C31H33N7O4/c1-40-28-17-26-27(18-29(28)41-15-3-12-38-13-10-34-11-14-38)35-20-21(19-32)30(26)36-22-6-8-24(9-7-22)42-25-5-2-4-23(16-25)37-31(33)39/h2,4-9,16-18,20,34H,3,10-15H2,1H3,(H,35,36)(H3,33,37,39). The first-order valence-electron chi connectivity index (χ1n) is 13.7. The lowest BCUT2D eigenvalue weighted by atomic mass is 10.1. The quantitative estimate of drug-likeness (QED) is 0.187. The Balaban J connectivity index is 1.30. The van der Waals surface area contributed by atoms with E-state index in [1.54, 1.807) is 49.7 Å². The molecule has 42 heavy (non-hydrogen) atoms. The van der Waals surface area contributed by atoms with Crippen LogP contribution in [0.1, 0.15) is 12.0 Å². The van der Waals surface area contributed by atoms with Gasteiger partial charge in [0.05, 0.1) is 30.5 Å². The zero-order valence-corrected chi connectivity index (χ0v) is 23.4. The number of fused-ring (bicyclic) bond motifs is 1. The number of rotatable bonds is 11. The zero-order valence-electron chi connectivity index (χ0n) is 23.4. The van der Waals surface area contributed by atoms with Crippen LogP contribution in [-0.2, 0) is 0 Å². The summed E-state index contributed by atoms with van der Waals surface area (Å²) in [6.45, 7) is 5.71. The van der Waals surface area contributed by atoms with E-state index in [9.17, 15) is 10.1 Å². The first-order valence-corrected chi connectivity index (χ1v) is 13.7. The van der Waals surface area contributed by atoms with E-state index < -0.39 is 6.03 Å². The second kappa shape index (κ2) is 13.5. The van der Waals surface area contributed by atoms with Crippen molar-refractivity contribution in [3.63, 3.8) is 0 Å². The third-order valence-electron chi connectivity index (χ3n) is 6.82. The van der Waals surface area contributed by atoms with Crippen molar-refractivity contribution >= 4 is 34.0 Å². The summed E-state index contributed by atoms with van der Waals surface area (Å²) in [7, 11) is 1.60. The van der Waals surface area contributed by atoms with Crippen molar-refractivity contribution in [3.8, 4) is 29.1 Å². The van der Waals surface area contributed by atoms with E-state index in [4.69, 9.17) is 19.9 Å². The lowest BCUT2D eigenvalue weighted by Gasteiger charge is -2.27. The lowest BCUT2D eigenvalue weighted by Crippen LogP contribution is -2.43. The molecule has 0 saturated carbocycles. The number of nitrogens with two attached hydrogens (primary N) is 1. The summed E-state index contributed by atoms with van der Waals surface area (Å²) in [4.78, 5) is 18.1. The fourth-order valence-corrected chi connectivity index (χ4v) is 4.76. The van der Waals surface area contributed by atoms with Crippen LogP contribution in [0.3, 0.4) is 0 Å². The third kappa shape index (κ3) is 7.17. The molecule has 11 nitrogen and oxygen atoms in total. The van der Waals surface area contributed by atoms with Crippen molar-refractivity contribution < 1.29 is 19.0 Å². The van der Waals surface area contributed by atoms with Crippen LogP contribution in [0.2, 0.25) is 0 Å². The molecule has 0 spiro atoms. The maximum Gasteiger partial charge on any atom is 0.316 e. The molecule has 2 amide bonds. The fourth-order valence-electron chi connectivity index (χ4n) is 4.76. The highest BCUT2D eigenvalue weighted by atomic mass is 16.5. The number of piperazine rings is 1. The van der Waals surface area contributed by atoms with Gasteiger partial charge in [0, 0.05) is 67.8 Å². The molecule has 1 aliphatic heterocycles. The van der Waals surface area contributed by atoms with Gasteiger partial charge >= 0.3 is 6.03 Å². The molecule has 1 aromatic heterocycles. The monoisotopic (exact) mass is 567 g/mol. The number of primary amides is 1. The smallest absolute Gasteiger partial charge is 0.316 e. The number of benzene rings is 3. The number of methoxy groups -OCH3 is 1. The van der Waals surface area contributed by atoms with E-state index >= 15 is 0 Å². The van der Waals surface area contributed by atoms with Crippen LogP contribution in [0, 0.1) is 11.3 Å². The number of hydrogen-bond acceptors (Lipinski definition) is 9. The van der Waals surface area contributed by atoms with Crippen molar-refractivity contribution in [2.75, 3.05) is 57.1 Å². The van der Waals surface area contributed by atoms with Gasteiger partial charge in [-0.2, -0.15) is 5.26 Å². The molecule has 5 N–H and O–H groups in total. The number of anilines is 3. The van der Waals surface area contributed by atoms with Crippen LogP contribution in [-0.4, -0.2) is 62.4 Å². The minimum absolute atomic E-state index is 0.397. The Morgan fingerprint density at radius 1 is 1.07 bits per heavy atom. The number of nitriles is 1. The number of urea groups is 1. The van der Waals surface area contributed by atoms with Gasteiger partial charge in [-0.25, -0.2) is 4.79 Å². The van der Waals surface area contributed by atoms with Gasteiger partial charge in [0.1, 0.15) is 17.6 Å². The highest BCUT2D eigenvalue weighted by Gasteiger charge is 2.15. The average Bonchev–Trinajstić information content (AvgIpc) is 3.00. The summed E-state index contributed by atoms with van der Waals surface area (Å²) >= 11 is 0. The Morgan fingerprint density at radius 2 is 1.88 bits per heavy atom. The molecule has 0 bridgehead atoms. The number of pyridine rings is 1. The molecule has 11 heteroatoms. The molecule has 0 atom stereocenters. The largest absolute Gasteiger partial charge is 0.493 e. The second-order valence-corrected chi connectivity index (χ2v) is 9.74. The molecule has 1 saturated heterocycles. The summed E-state index contributed by atoms with van der Waals surface area (Å²) in [5, 5.41) is 19.8. The predicted molar refractivity (Wildman–Crippen MR) is 162 cm³/mol. The van der Waals surface area contributed by atoms with Gasteiger partial charge < -0.3 is 40.8 Å². The average molecular weight is 568 g/mol. The first kappa shape index (κ1) is 28.5. The van der Waals surface area contributed by atoms with E-state index in [1.165, 1.54) is 0 Å². The predicted octanol–water partition coefficient (Wildman–Crippen LogP) is 4.82. The minimum atomic E-state index is -0.648. The molecule has 216 valence electrons. The normalized spacial score (nSPS) is 13.2. The molecule has 1 fully saturated rings.